The first-order valence-electron chi connectivity index (χ1n) is 6.45. The van der Waals surface area contributed by atoms with Gasteiger partial charge in [0, 0.05) is 10.6 Å². The maximum atomic E-state index is 12.8. The molecule has 0 unspecified atom stereocenters. The van der Waals surface area contributed by atoms with Crippen molar-refractivity contribution in [3.05, 3.63) is 59.9 Å². The lowest BCUT2D eigenvalue weighted by atomic mass is 10.2. The van der Waals surface area contributed by atoms with E-state index in [0.717, 1.165) is 4.90 Å². The number of esters is 1. The van der Waals surface area contributed by atoms with E-state index in [-0.39, 0.29) is 17.5 Å². The molecule has 114 valence electrons. The minimum atomic E-state index is -0.461. The molecule has 1 amide bonds. The maximum absolute atomic E-state index is 12.8. The van der Waals surface area contributed by atoms with Gasteiger partial charge in [-0.3, -0.25) is 4.79 Å². The Morgan fingerprint density at radius 1 is 1.18 bits per heavy atom. The Morgan fingerprint density at radius 2 is 1.91 bits per heavy atom. The molecule has 0 saturated carbocycles. The molecule has 2 rings (SSSR count). The summed E-state index contributed by atoms with van der Waals surface area (Å²) < 4.78 is 17.4. The van der Waals surface area contributed by atoms with Gasteiger partial charge in [0.2, 0.25) is 5.91 Å². The van der Waals surface area contributed by atoms with Crippen LogP contribution in [0.3, 0.4) is 0 Å². The number of amides is 1. The molecule has 0 spiro atoms. The number of carbonyl (C=O) groups excluding carboxylic acids is 2. The molecule has 0 saturated heterocycles. The molecule has 0 fully saturated rings. The fourth-order valence-corrected chi connectivity index (χ4v) is 2.42. The molecule has 0 bridgehead atoms. The zero-order chi connectivity index (χ0) is 15.9. The summed E-state index contributed by atoms with van der Waals surface area (Å²) in [5.41, 5.74) is 0.888. The molecule has 0 heterocycles. The predicted molar refractivity (Wildman–Crippen MR) is 83.5 cm³/mol. The fourth-order valence-electron chi connectivity index (χ4n) is 1.72. The van der Waals surface area contributed by atoms with Gasteiger partial charge < -0.3 is 10.1 Å². The van der Waals surface area contributed by atoms with Crippen LogP contribution in [0.1, 0.15) is 10.4 Å². The molecular formula is C16H14FNO3S. The molecule has 0 aliphatic rings. The van der Waals surface area contributed by atoms with Crippen LogP contribution in [0.15, 0.2) is 53.4 Å². The fraction of sp³-hybridized carbons (Fsp3) is 0.125. The van der Waals surface area contributed by atoms with Gasteiger partial charge in [0.1, 0.15) is 5.82 Å². The normalized spacial score (nSPS) is 10.1. The first kappa shape index (κ1) is 16.0. The van der Waals surface area contributed by atoms with Crippen LogP contribution in [0.5, 0.6) is 0 Å². The quantitative estimate of drug-likeness (QED) is 0.678. The molecule has 6 heteroatoms. The Balaban J connectivity index is 1.91. The van der Waals surface area contributed by atoms with Crippen molar-refractivity contribution in [2.45, 2.75) is 4.90 Å². The zero-order valence-corrected chi connectivity index (χ0v) is 12.7. The van der Waals surface area contributed by atoms with Crippen LogP contribution in [0, 0.1) is 5.82 Å². The molecule has 2 aromatic rings. The summed E-state index contributed by atoms with van der Waals surface area (Å²) in [5, 5.41) is 2.70. The van der Waals surface area contributed by atoms with Gasteiger partial charge in [-0.25, -0.2) is 9.18 Å². The van der Waals surface area contributed by atoms with Gasteiger partial charge in [0.25, 0.3) is 0 Å². The first-order chi connectivity index (χ1) is 10.6. The molecule has 0 radical (unpaired) electrons. The Kier molecular flexibility index (Phi) is 5.55. The summed E-state index contributed by atoms with van der Waals surface area (Å²) in [6.45, 7) is 0. The van der Waals surface area contributed by atoms with Crippen molar-refractivity contribution in [3.8, 4) is 0 Å². The standard InChI is InChI=1S/C16H14FNO3S/c1-21-16(20)11-3-2-4-13(9-11)18-15(19)10-22-14-7-5-12(17)6-8-14/h2-9H,10H2,1H3,(H,18,19). The van der Waals surface area contributed by atoms with Crippen molar-refractivity contribution in [2.75, 3.05) is 18.2 Å². The molecule has 0 aromatic heterocycles. The maximum Gasteiger partial charge on any atom is 0.337 e. The predicted octanol–water partition coefficient (Wildman–Crippen LogP) is 3.34. The van der Waals surface area contributed by atoms with Crippen molar-refractivity contribution in [1.29, 1.82) is 0 Å². The largest absolute Gasteiger partial charge is 0.465 e. The number of rotatable bonds is 5. The molecule has 1 N–H and O–H groups in total. The van der Waals surface area contributed by atoms with Gasteiger partial charge >= 0.3 is 5.97 Å². The summed E-state index contributed by atoms with van der Waals surface area (Å²) in [7, 11) is 1.30. The minimum Gasteiger partial charge on any atom is -0.465 e. The molecule has 0 aliphatic heterocycles. The van der Waals surface area contributed by atoms with Crippen molar-refractivity contribution in [2.24, 2.45) is 0 Å². The van der Waals surface area contributed by atoms with Gasteiger partial charge in [-0.05, 0) is 42.5 Å². The highest BCUT2D eigenvalue weighted by Crippen LogP contribution is 2.19. The average molecular weight is 319 g/mol. The summed E-state index contributed by atoms with van der Waals surface area (Å²) in [6, 6.07) is 12.4. The van der Waals surface area contributed by atoms with E-state index in [9.17, 15) is 14.0 Å². The second-order valence-electron chi connectivity index (χ2n) is 4.36. The summed E-state index contributed by atoms with van der Waals surface area (Å²) in [6.07, 6.45) is 0. The highest BCUT2D eigenvalue weighted by molar-refractivity contribution is 8.00. The number of halogens is 1. The van der Waals surface area contributed by atoms with Gasteiger partial charge in [0.05, 0.1) is 18.4 Å². The van der Waals surface area contributed by atoms with E-state index < -0.39 is 5.97 Å². The number of benzene rings is 2. The third-order valence-electron chi connectivity index (χ3n) is 2.75. The summed E-state index contributed by atoms with van der Waals surface area (Å²) in [4.78, 5) is 24.1. The average Bonchev–Trinajstić information content (AvgIpc) is 2.54. The Bertz CT molecular complexity index is 673. The number of anilines is 1. The van der Waals surface area contributed by atoms with Crippen molar-refractivity contribution in [1.82, 2.24) is 0 Å². The number of nitrogens with one attached hydrogen (secondary N) is 1. The van der Waals surface area contributed by atoms with Crippen LogP contribution < -0.4 is 5.32 Å². The molecule has 0 atom stereocenters. The van der Waals surface area contributed by atoms with E-state index in [2.05, 4.69) is 10.1 Å². The third kappa shape index (κ3) is 4.60. The minimum absolute atomic E-state index is 0.189. The molecule has 0 aliphatic carbocycles. The SMILES string of the molecule is COC(=O)c1cccc(NC(=O)CSc2ccc(F)cc2)c1. The zero-order valence-electron chi connectivity index (χ0n) is 11.8. The topological polar surface area (TPSA) is 55.4 Å². The summed E-state index contributed by atoms with van der Waals surface area (Å²) in [5.74, 6) is -0.796. The van der Waals surface area contributed by atoms with Gasteiger partial charge in [-0.15, -0.1) is 11.8 Å². The molecular weight excluding hydrogens is 305 g/mol. The molecule has 4 nitrogen and oxygen atoms in total. The monoisotopic (exact) mass is 319 g/mol. The Hall–Kier alpha value is -2.34. The summed E-state index contributed by atoms with van der Waals surface area (Å²) >= 11 is 1.30. The van der Waals surface area contributed by atoms with E-state index in [1.807, 2.05) is 0 Å². The van der Waals surface area contributed by atoms with Crippen molar-refractivity contribution >= 4 is 29.3 Å². The van der Waals surface area contributed by atoms with Crippen molar-refractivity contribution in [3.63, 3.8) is 0 Å². The second-order valence-corrected chi connectivity index (χ2v) is 5.41. The Labute approximate surface area is 131 Å². The van der Waals surface area contributed by atoms with Gasteiger partial charge in [-0.2, -0.15) is 0 Å². The lowest BCUT2D eigenvalue weighted by Crippen LogP contribution is -2.14. The number of thioether (sulfide) groups is 1. The van der Waals surface area contributed by atoms with Crippen LogP contribution in [0.25, 0.3) is 0 Å². The van der Waals surface area contributed by atoms with Crippen molar-refractivity contribution < 1.29 is 18.7 Å². The lowest BCUT2D eigenvalue weighted by Gasteiger charge is -2.07. The highest BCUT2D eigenvalue weighted by atomic mass is 32.2. The number of ether oxygens (including phenoxy) is 1. The number of hydrogen-bond acceptors (Lipinski definition) is 4. The van der Waals surface area contributed by atoms with Gasteiger partial charge in [0.15, 0.2) is 0 Å². The number of methoxy groups -OCH3 is 1. The third-order valence-corrected chi connectivity index (χ3v) is 3.76. The van der Waals surface area contributed by atoms with E-state index in [1.165, 1.54) is 31.0 Å². The first-order valence-corrected chi connectivity index (χ1v) is 7.43. The van der Waals surface area contributed by atoms with Gasteiger partial charge in [-0.1, -0.05) is 6.07 Å². The van der Waals surface area contributed by atoms with Crippen LogP contribution in [-0.2, 0) is 9.53 Å². The molecule has 2 aromatic carbocycles. The lowest BCUT2D eigenvalue weighted by molar-refractivity contribution is -0.113. The van der Waals surface area contributed by atoms with E-state index in [0.29, 0.717) is 11.3 Å². The second kappa shape index (κ2) is 7.61. The Morgan fingerprint density at radius 3 is 2.59 bits per heavy atom. The van der Waals surface area contributed by atoms with Crippen LogP contribution in [0.4, 0.5) is 10.1 Å². The number of carbonyl (C=O) groups is 2. The highest BCUT2D eigenvalue weighted by Gasteiger charge is 2.08. The number of hydrogen-bond donors (Lipinski definition) is 1. The van der Waals surface area contributed by atoms with E-state index in [4.69, 9.17) is 0 Å². The van der Waals surface area contributed by atoms with Crippen LogP contribution in [-0.4, -0.2) is 24.7 Å². The van der Waals surface area contributed by atoms with E-state index in [1.54, 1.807) is 36.4 Å². The van der Waals surface area contributed by atoms with Crippen LogP contribution in [0.2, 0.25) is 0 Å². The van der Waals surface area contributed by atoms with Crippen LogP contribution >= 0.6 is 11.8 Å². The van der Waals surface area contributed by atoms with E-state index >= 15 is 0 Å². The molecule has 22 heavy (non-hydrogen) atoms. The smallest absolute Gasteiger partial charge is 0.337 e.